The first kappa shape index (κ1) is 6.71. The first-order valence-electron chi connectivity index (χ1n) is 3.16. The molecular weight excluding hydrogens is 160 g/mol. The average Bonchev–Trinajstić information content (AvgIpc) is 2.49. The average molecular weight is 164 g/mol. The van der Waals surface area contributed by atoms with Gasteiger partial charge in [-0.1, -0.05) is 0 Å². The minimum absolute atomic E-state index is 0.0336. The molecule has 0 aliphatic heterocycles. The Morgan fingerprint density at radius 2 is 2.33 bits per heavy atom. The molecule has 0 aliphatic carbocycles. The standard InChI is InChI=1S/C6H4N4O2/c11-6(12)4-3-1-9-10-5(3)8-2-7-4/h1-2H,(H,11,12)(H,7,8,9,10). The lowest BCUT2D eigenvalue weighted by atomic mass is 10.3. The van der Waals surface area contributed by atoms with Gasteiger partial charge in [0.2, 0.25) is 0 Å². The minimum Gasteiger partial charge on any atom is -0.476 e. The molecule has 0 amide bonds. The van der Waals surface area contributed by atoms with Crippen LogP contribution in [0.4, 0.5) is 0 Å². The van der Waals surface area contributed by atoms with E-state index in [1.54, 1.807) is 0 Å². The summed E-state index contributed by atoms with van der Waals surface area (Å²) in [6.45, 7) is 0. The van der Waals surface area contributed by atoms with E-state index >= 15 is 0 Å². The third kappa shape index (κ3) is 0.815. The van der Waals surface area contributed by atoms with Crippen molar-refractivity contribution in [3.05, 3.63) is 18.2 Å². The summed E-state index contributed by atoms with van der Waals surface area (Å²) in [5.74, 6) is -1.08. The van der Waals surface area contributed by atoms with Gasteiger partial charge in [-0.25, -0.2) is 14.8 Å². The minimum atomic E-state index is -1.08. The predicted octanol–water partition coefficient (Wildman–Crippen LogP) is 0.0511. The summed E-state index contributed by atoms with van der Waals surface area (Å²) >= 11 is 0. The number of hydrogen-bond acceptors (Lipinski definition) is 4. The molecule has 0 bridgehead atoms. The number of H-pyrrole nitrogens is 1. The topological polar surface area (TPSA) is 91.8 Å². The van der Waals surface area contributed by atoms with E-state index in [4.69, 9.17) is 5.11 Å². The molecule has 0 aliphatic rings. The number of hydrogen-bond donors (Lipinski definition) is 2. The van der Waals surface area contributed by atoms with E-state index < -0.39 is 5.97 Å². The monoisotopic (exact) mass is 164 g/mol. The van der Waals surface area contributed by atoms with Gasteiger partial charge in [0.1, 0.15) is 6.33 Å². The Bertz CT molecular complexity index is 436. The van der Waals surface area contributed by atoms with E-state index in [1.807, 2.05) is 0 Å². The fourth-order valence-corrected chi connectivity index (χ4v) is 0.935. The second-order valence-electron chi connectivity index (χ2n) is 2.16. The number of rotatable bonds is 1. The molecule has 0 fully saturated rings. The predicted molar refractivity (Wildman–Crippen MR) is 38.6 cm³/mol. The van der Waals surface area contributed by atoms with E-state index in [0.29, 0.717) is 11.0 Å². The first-order chi connectivity index (χ1) is 5.79. The largest absolute Gasteiger partial charge is 0.476 e. The highest BCUT2D eigenvalue weighted by molar-refractivity contribution is 5.98. The van der Waals surface area contributed by atoms with E-state index in [1.165, 1.54) is 12.5 Å². The Morgan fingerprint density at radius 1 is 1.50 bits per heavy atom. The summed E-state index contributed by atoms with van der Waals surface area (Å²) in [7, 11) is 0. The molecule has 0 saturated carbocycles. The lowest BCUT2D eigenvalue weighted by Gasteiger charge is -1.91. The van der Waals surface area contributed by atoms with Crippen molar-refractivity contribution in [1.29, 1.82) is 0 Å². The molecule has 0 aromatic carbocycles. The Hall–Kier alpha value is -1.98. The van der Waals surface area contributed by atoms with Crippen LogP contribution in [-0.4, -0.2) is 31.2 Å². The van der Waals surface area contributed by atoms with Crippen LogP contribution in [-0.2, 0) is 0 Å². The summed E-state index contributed by atoms with van der Waals surface area (Å²) in [6.07, 6.45) is 2.57. The molecule has 0 unspecified atom stereocenters. The normalized spacial score (nSPS) is 10.3. The molecule has 2 N–H and O–H groups in total. The van der Waals surface area contributed by atoms with Crippen LogP contribution >= 0.6 is 0 Å². The zero-order valence-electron chi connectivity index (χ0n) is 5.85. The Balaban J connectivity index is 2.82. The van der Waals surface area contributed by atoms with Crippen LogP contribution in [0.3, 0.4) is 0 Å². The molecule has 6 nitrogen and oxygen atoms in total. The molecule has 12 heavy (non-hydrogen) atoms. The Labute approximate surface area is 66.3 Å². The molecule has 0 saturated heterocycles. The lowest BCUT2D eigenvalue weighted by Crippen LogP contribution is -2.00. The van der Waals surface area contributed by atoms with Gasteiger partial charge in [-0.2, -0.15) is 5.10 Å². The Morgan fingerprint density at radius 3 is 3.08 bits per heavy atom. The molecule has 60 valence electrons. The molecule has 2 aromatic heterocycles. The van der Waals surface area contributed by atoms with Crippen molar-refractivity contribution in [3.8, 4) is 0 Å². The second kappa shape index (κ2) is 2.26. The highest BCUT2D eigenvalue weighted by Gasteiger charge is 2.10. The van der Waals surface area contributed by atoms with Gasteiger partial charge >= 0.3 is 5.97 Å². The van der Waals surface area contributed by atoms with Crippen LogP contribution in [0.1, 0.15) is 10.5 Å². The maximum Gasteiger partial charge on any atom is 0.355 e. The molecule has 2 rings (SSSR count). The maximum atomic E-state index is 10.6. The fraction of sp³-hybridized carbons (Fsp3) is 0. The van der Waals surface area contributed by atoms with Gasteiger partial charge in [0, 0.05) is 0 Å². The smallest absolute Gasteiger partial charge is 0.355 e. The van der Waals surface area contributed by atoms with E-state index in [9.17, 15) is 4.79 Å². The van der Waals surface area contributed by atoms with Crippen molar-refractivity contribution >= 4 is 17.0 Å². The van der Waals surface area contributed by atoms with Crippen molar-refractivity contribution in [2.45, 2.75) is 0 Å². The maximum absolute atomic E-state index is 10.6. The number of carboxylic acids is 1. The van der Waals surface area contributed by atoms with E-state index in [2.05, 4.69) is 20.2 Å². The van der Waals surface area contributed by atoms with Crippen molar-refractivity contribution < 1.29 is 9.90 Å². The third-order valence-electron chi connectivity index (χ3n) is 1.45. The molecule has 0 radical (unpaired) electrons. The number of aromatic nitrogens is 4. The van der Waals surface area contributed by atoms with Gasteiger partial charge in [-0.3, -0.25) is 5.10 Å². The third-order valence-corrected chi connectivity index (χ3v) is 1.45. The van der Waals surface area contributed by atoms with Crippen LogP contribution in [0.15, 0.2) is 12.5 Å². The van der Waals surface area contributed by atoms with Crippen molar-refractivity contribution in [1.82, 2.24) is 20.2 Å². The molecule has 2 aromatic rings. The van der Waals surface area contributed by atoms with E-state index in [-0.39, 0.29) is 5.69 Å². The van der Waals surface area contributed by atoms with Crippen LogP contribution in [0.25, 0.3) is 11.0 Å². The summed E-state index contributed by atoms with van der Waals surface area (Å²) in [4.78, 5) is 18.0. The molecule has 0 atom stereocenters. The first-order valence-corrected chi connectivity index (χ1v) is 3.16. The molecular formula is C6H4N4O2. The summed E-state index contributed by atoms with van der Waals surface area (Å²) in [5.41, 5.74) is 0.399. The van der Waals surface area contributed by atoms with Gasteiger partial charge in [0.15, 0.2) is 11.3 Å². The summed E-state index contributed by atoms with van der Waals surface area (Å²) in [5, 5.41) is 15.3. The number of fused-ring (bicyclic) bond motifs is 1. The van der Waals surface area contributed by atoms with Crippen LogP contribution in [0.5, 0.6) is 0 Å². The van der Waals surface area contributed by atoms with Crippen LogP contribution < -0.4 is 0 Å². The number of aromatic amines is 1. The lowest BCUT2D eigenvalue weighted by molar-refractivity contribution is 0.0692. The number of nitrogens with zero attached hydrogens (tertiary/aromatic N) is 3. The van der Waals surface area contributed by atoms with E-state index in [0.717, 1.165) is 0 Å². The molecule has 0 spiro atoms. The van der Waals surface area contributed by atoms with Crippen molar-refractivity contribution in [2.75, 3.05) is 0 Å². The van der Waals surface area contributed by atoms with Gasteiger partial charge in [0.05, 0.1) is 11.6 Å². The number of carboxylic acid groups (broad SMARTS) is 1. The van der Waals surface area contributed by atoms with Crippen molar-refractivity contribution in [3.63, 3.8) is 0 Å². The Kier molecular flexibility index (Phi) is 1.26. The van der Waals surface area contributed by atoms with Gasteiger partial charge < -0.3 is 5.11 Å². The molecule has 2 heterocycles. The number of nitrogens with one attached hydrogen (secondary N) is 1. The SMILES string of the molecule is O=C(O)c1ncnc2[nH]ncc12. The van der Waals surface area contributed by atoms with Crippen LogP contribution in [0, 0.1) is 0 Å². The highest BCUT2D eigenvalue weighted by atomic mass is 16.4. The van der Waals surface area contributed by atoms with Crippen LogP contribution in [0.2, 0.25) is 0 Å². The number of aromatic carboxylic acids is 1. The van der Waals surface area contributed by atoms with Gasteiger partial charge in [0.25, 0.3) is 0 Å². The summed E-state index contributed by atoms with van der Waals surface area (Å²) < 4.78 is 0. The van der Waals surface area contributed by atoms with Gasteiger partial charge in [-0.05, 0) is 0 Å². The fourth-order valence-electron chi connectivity index (χ4n) is 0.935. The van der Waals surface area contributed by atoms with Gasteiger partial charge in [-0.15, -0.1) is 0 Å². The quantitative estimate of drug-likeness (QED) is 0.621. The zero-order valence-corrected chi connectivity index (χ0v) is 5.85. The summed E-state index contributed by atoms with van der Waals surface area (Å²) in [6, 6.07) is 0. The number of carbonyl (C=O) groups is 1. The molecule has 6 heteroatoms. The second-order valence-corrected chi connectivity index (χ2v) is 2.16. The zero-order chi connectivity index (χ0) is 8.55. The van der Waals surface area contributed by atoms with Crippen molar-refractivity contribution in [2.24, 2.45) is 0 Å². The highest BCUT2D eigenvalue weighted by Crippen LogP contribution is 2.09.